The fraction of sp³-hybridized carbons (Fsp3) is 0.364. The summed E-state index contributed by atoms with van der Waals surface area (Å²) in [6, 6.07) is 12.7. The molecule has 7 heteroatoms. The first-order valence-corrected chi connectivity index (χ1v) is 9.70. The Labute approximate surface area is 170 Å². The van der Waals surface area contributed by atoms with Crippen LogP contribution in [-0.4, -0.2) is 51.4 Å². The monoisotopic (exact) mass is 398 g/mol. The number of carbonyl (C=O) groups is 2. The maximum absolute atomic E-state index is 12.5. The maximum atomic E-state index is 12.5. The summed E-state index contributed by atoms with van der Waals surface area (Å²) < 4.78 is 16.1. The molecule has 1 heterocycles. The second-order valence-electron chi connectivity index (χ2n) is 6.65. The molecule has 1 amide bonds. The molecule has 154 valence electrons. The molecule has 2 aromatic carbocycles. The molecule has 0 aromatic heterocycles. The Balaban J connectivity index is 1.76. The molecule has 1 aliphatic heterocycles. The number of para-hydroxylation sites is 1. The number of hydrogen-bond acceptors (Lipinski definition) is 6. The highest BCUT2D eigenvalue weighted by Crippen LogP contribution is 2.28. The van der Waals surface area contributed by atoms with E-state index < -0.39 is 5.97 Å². The van der Waals surface area contributed by atoms with Crippen molar-refractivity contribution in [3.8, 4) is 5.75 Å². The van der Waals surface area contributed by atoms with Crippen LogP contribution in [0.3, 0.4) is 0 Å². The molecule has 1 N–H and O–H groups in total. The van der Waals surface area contributed by atoms with E-state index in [0.717, 1.165) is 11.3 Å². The molecular weight excluding hydrogens is 372 g/mol. The van der Waals surface area contributed by atoms with E-state index in [1.165, 1.54) is 0 Å². The molecule has 1 aliphatic rings. The van der Waals surface area contributed by atoms with Gasteiger partial charge in [-0.1, -0.05) is 18.2 Å². The van der Waals surface area contributed by atoms with Gasteiger partial charge in [-0.15, -0.1) is 0 Å². The summed E-state index contributed by atoms with van der Waals surface area (Å²) in [5, 5.41) is 2.88. The first-order valence-electron chi connectivity index (χ1n) is 9.70. The van der Waals surface area contributed by atoms with Gasteiger partial charge >= 0.3 is 5.97 Å². The largest absolute Gasteiger partial charge is 0.483 e. The van der Waals surface area contributed by atoms with E-state index in [1.807, 2.05) is 37.3 Å². The van der Waals surface area contributed by atoms with Crippen LogP contribution in [0.1, 0.15) is 22.8 Å². The van der Waals surface area contributed by atoms with Crippen molar-refractivity contribution in [1.82, 2.24) is 0 Å². The van der Waals surface area contributed by atoms with Crippen LogP contribution in [0.25, 0.3) is 0 Å². The zero-order valence-corrected chi connectivity index (χ0v) is 16.8. The summed E-state index contributed by atoms with van der Waals surface area (Å²) in [7, 11) is 0. The minimum Gasteiger partial charge on any atom is -0.483 e. The highest BCUT2D eigenvalue weighted by Gasteiger charge is 2.19. The van der Waals surface area contributed by atoms with Gasteiger partial charge in [0.2, 0.25) is 0 Å². The molecule has 0 atom stereocenters. The van der Waals surface area contributed by atoms with Crippen LogP contribution >= 0.6 is 0 Å². The Morgan fingerprint density at radius 1 is 1.14 bits per heavy atom. The van der Waals surface area contributed by atoms with Crippen LogP contribution in [0.4, 0.5) is 11.4 Å². The molecular formula is C22H26N2O5. The molecule has 3 rings (SSSR count). The van der Waals surface area contributed by atoms with E-state index in [0.29, 0.717) is 43.3 Å². The molecule has 1 fully saturated rings. The molecule has 0 radical (unpaired) electrons. The number of morpholine rings is 1. The number of carbonyl (C=O) groups excluding carboxylic acids is 2. The van der Waals surface area contributed by atoms with Crippen LogP contribution in [0.5, 0.6) is 5.75 Å². The molecule has 0 saturated carbocycles. The molecule has 7 nitrogen and oxygen atoms in total. The van der Waals surface area contributed by atoms with Crippen molar-refractivity contribution in [1.29, 1.82) is 0 Å². The molecule has 0 spiro atoms. The number of esters is 1. The fourth-order valence-corrected chi connectivity index (χ4v) is 3.11. The second-order valence-corrected chi connectivity index (χ2v) is 6.65. The maximum Gasteiger partial charge on any atom is 0.338 e. The molecule has 0 bridgehead atoms. The van der Waals surface area contributed by atoms with Crippen molar-refractivity contribution in [3.05, 3.63) is 53.6 Å². The van der Waals surface area contributed by atoms with Gasteiger partial charge in [-0.25, -0.2) is 4.79 Å². The van der Waals surface area contributed by atoms with Crippen molar-refractivity contribution in [3.63, 3.8) is 0 Å². The molecule has 2 aromatic rings. The van der Waals surface area contributed by atoms with Gasteiger partial charge in [-0.2, -0.15) is 0 Å². The molecule has 0 unspecified atom stereocenters. The van der Waals surface area contributed by atoms with Gasteiger partial charge in [0.05, 0.1) is 36.8 Å². The van der Waals surface area contributed by atoms with Gasteiger partial charge in [0.1, 0.15) is 5.75 Å². The van der Waals surface area contributed by atoms with Gasteiger partial charge in [0.15, 0.2) is 6.61 Å². The van der Waals surface area contributed by atoms with Crippen LogP contribution in [-0.2, 0) is 14.3 Å². The van der Waals surface area contributed by atoms with Gasteiger partial charge in [0.25, 0.3) is 5.91 Å². The van der Waals surface area contributed by atoms with Gasteiger partial charge in [-0.3, -0.25) is 4.79 Å². The lowest BCUT2D eigenvalue weighted by Gasteiger charge is -2.30. The number of rotatable bonds is 7. The smallest absolute Gasteiger partial charge is 0.338 e. The Morgan fingerprint density at radius 2 is 1.90 bits per heavy atom. The predicted octanol–water partition coefficient (Wildman–Crippen LogP) is 3.03. The lowest BCUT2D eigenvalue weighted by molar-refractivity contribution is -0.118. The van der Waals surface area contributed by atoms with Crippen LogP contribution in [0.2, 0.25) is 0 Å². The van der Waals surface area contributed by atoms with Crippen molar-refractivity contribution < 1.29 is 23.8 Å². The quantitative estimate of drug-likeness (QED) is 0.723. The molecule has 1 saturated heterocycles. The van der Waals surface area contributed by atoms with Gasteiger partial charge < -0.3 is 24.4 Å². The minimum atomic E-state index is -0.423. The molecule has 29 heavy (non-hydrogen) atoms. The van der Waals surface area contributed by atoms with E-state index in [1.54, 1.807) is 19.1 Å². The number of ether oxygens (including phenoxy) is 3. The zero-order chi connectivity index (χ0) is 20.6. The number of benzene rings is 2. The van der Waals surface area contributed by atoms with E-state index in [4.69, 9.17) is 14.2 Å². The number of hydrogen-bond donors (Lipinski definition) is 1. The van der Waals surface area contributed by atoms with Gasteiger partial charge in [0, 0.05) is 13.1 Å². The summed E-state index contributed by atoms with van der Waals surface area (Å²) in [5.41, 5.74) is 2.74. The number of aryl methyl sites for hydroxylation is 1. The lowest BCUT2D eigenvalue weighted by Crippen LogP contribution is -2.37. The highest BCUT2D eigenvalue weighted by atomic mass is 16.5. The van der Waals surface area contributed by atoms with Crippen LogP contribution in [0.15, 0.2) is 42.5 Å². The van der Waals surface area contributed by atoms with Crippen LogP contribution in [0, 0.1) is 6.92 Å². The Kier molecular flexibility index (Phi) is 7.08. The number of amides is 1. The van der Waals surface area contributed by atoms with Crippen molar-refractivity contribution in [2.24, 2.45) is 0 Å². The summed E-state index contributed by atoms with van der Waals surface area (Å²) >= 11 is 0. The van der Waals surface area contributed by atoms with Crippen molar-refractivity contribution in [2.75, 3.05) is 49.7 Å². The standard InChI is InChI=1S/C22H26N2O5/c1-3-28-22(26)17-8-9-19(24-10-12-27-13-11-24)18(14-17)23-21(25)15-29-20-7-5-4-6-16(20)2/h4-9,14H,3,10-13,15H2,1-2H3,(H,23,25). The minimum absolute atomic E-state index is 0.128. The topological polar surface area (TPSA) is 77.1 Å². The highest BCUT2D eigenvalue weighted by molar-refractivity contribution is 5.98. The summed E-state index contributed by atoms with van der Waals surface area (Å²) in [5.74, 6) is -0.0622. The second kappa shape index (κ2) is 9.93. The van der Waals surface area contributed by atoms with E-state index in [2.05, 4.69) is 10.2 Å². The number of nitrogens with one attached hydrogen (secondary N) is 1. The summed E-state index contributed by atoms with van der Waals surface area (Å²) in [4.78, 5) is 26.8. The van der Waals surface area contributed by atoms with E-state index in [9.17, 15) is 9.59 Å². The summed E-state index contributed by atoms with van der Waals surface area (Å²) in [6.45, 7) is 6.49. The lowest BCUT2D eigenvalue weighted by atomic mass is 10.1. The number of nitrogens with zero attached hydrogens (tertiary/aromatic N) is 1. The number of anilines is 2. The Morgan fingerprint density at radius 3 is 2.62 bits per heavy atom. The predicted molar refractivity (Wildman–Crippen MR) is 111 cm³/mol. The normalized spacial score (nSPS) is 13.7. The van der Waals surface area contributed by atoms with Crippen molar-refractivity contribution >= 4 is 23.3 Å². The average molecular weight is 398 g/mol. The zero-order valence-electron chi connectivity index (χ0n) is 16.8. The Bertz CT molecular complexity index is 862. The van der Waals surface area contributed by atoms with E-state index >= 15 is 0 Å². The fourth-order valence-electron chi connectivity index (χ4n) is 3.11. The molecule has 0 aliphatic carbocycles. The third kappa shape index (κ3) is 5.48. The van der Waals surface area contributed by atoms with Gasteiger partial charge in [-0.05, 0) is 43.7 Å². The average Bonchev–Trinajstić information content (AvgIpc) is 2.74. The van der Waals surface area contributed by atoms with Crippen molar-refractivity contribution in [2.45, 2.75) is 13.8 Å². The third-order valence-corrected chi connectivity index (χ3v) is 4.59. The van der Waals surface area contributed by atoms with E-state index in [-0.39, 0.29) is 19.1 Å². The third-order valence-electron chi connectivity index (χ3n) is 4.59. The van der Waals surface area contributed by atoms with Crippen LogP contribution < -0.4 is 15.0 Å². The first kappa shape index (κ1) is 20.7. The SMILES string of the molecule is CCOC(=O)c1ccc(N2CCOCC2)c(NC(=O)COc2ccccc2C)c1. The first-order chi connectivity index (χ1) is 14.1. The Hall–Kier alpha value is -3.06. The summed E-state index contributed by atoms with van der Waals surface area (Å²) in [6.07, 6.45) is 0.